The molecule has 0 saturated carbocycles. The summed E-state index contributed by atoms with van der Waals surface area (Å²) in [6, 6.07) is 10.7. The van der Waals surface area contributed by atoms with Crippen molar-refractivity contribution in [2.75, 3.05) is 0 Å². The Kier molecular flexibility index (Phi) is 4.31. The highest BCUT2D eigenvalue weighted by molar-refractivity contribution is 5.19. The molecule has 1 atom stereocenters. The molecule has 0 saturated heterocycles. The predicted molar refractivity (Wildman–Crippen MR) is 57.6 cm³/mol. The molecule has 0 spiro atoms. The molecule has 69 valence electrons. The van der Waals surface area contributed by atoms with Gasteiger partial charge in [-0.25, -0.2) is 0 Å². The molecule has 0 fully saturated rings. The van der Waals surface area contributed by atoms with Crippen LogP contribution in [0.15, 0.2) is 36.4 Å². The van der Waals surface area contributed by atoms with Gasteiger partial charge in [0.05, 0.1) is 0 Å². The van der Waals surface area contributed by atoms with Gasteiger partial charge < -0.3 is 0 Å². The van der Waals surface area contributed by atoms with Crippen LogP contribution in [0.5, 0.6) is 0 Å². The first-order valence-corrected chi connectivity index (χ1v) is 4.96. The Balaban J connectivity index is 2.61. The summed E-state index contributed by atoms with van der Waals surface area (Å²) in [5.74, 6) is 0.668. The van der Waals surface area contributed by atoms with E-state index in [9.17, 15) is 0 Å². The SMILES string of the molecule is [CH]=CCCC(CC)c1ccccc1. The Morgan fingerprint density at radius 3 is 2.54 bits per heavy atom. The van der Waals surface area contributed by atoms with Gasteiger partial charge in [-0.1, -0.05) is 49.9 Å². The molecule has 0 aliphatic rings. The third-order valence-electron chi connectivity index (χ3n) is 2.45. The second kappa shape index (κ2) is 5.58. The molecule has 1 aromatic carbocycles. The first-order valence-electron chi connectivity index (χ1n) is 4.96. The van der Waals surface area contributed by atoms with E-state index in [1.54, 1.807) is 6.08 Å². The lowest BCUT2D eigenvalue weighted by Crippen LogP contribution is -1.95. The average molecular weight is 173 g/mol. The van der Waals surface area contributed by atoms with Gasteiger partial charge in [-0.2, -0.15) is 0 Å². The van der Waals surface area contributed by atoms with Gasteiger partial charge in [-0.3, -0.25) is 0 Å². The van der Waals surface area contributed by atoms with Crippen LogP contribution >= 0.6 is 0 Å². The predicted octanol–water partition coefficient (Wildman–Crippen LogP) is 3.95. The largest absolute Gasteiger partial charge is 0.0845 e. The van der Waals surface area contributed by atoms with Crippen LogP contribution in [0.2, 0.25) is 0 Å². The van der Waals surface area contributed by atoms with Gasteiger partial charge in [-0.15, -0.1) is 0 Å². The van der Waals surface area contributed by atoms with Crippen LogP contribution in [-0.2, 0) is 0 Å². The topological polar surface area (TPSA) is 0 Å². The fraction of sp³-hybridized carbons (Fsp3) is 0.385. The van der Waals surface area contributed by atoms with Gasteiger partial charge in [0.25, 0.3) is 0 Å². The zero-order valence-corrected chi connectivity index (χ0v) is 8.24. The van der Waals surface area contributed by atoms with E-state index in [1.807, 2.05) is 0 Å². The number of allylic oxidation sites excluding steroid dienone is 1. The van der Waals surface area contributed by atoms with E-state index in [2.05, 4.69) is 37.3 Å². The lowest BCUT2D eigenvalue weighted by molar-refractivity contribution is 0.613. The fourth-order valence-electron chi connectivity index (χ4n) is 1.63. The lowest BCUT2D eigenvalue weighted by Gasteiger charge is -2.13. The maximum atomic E-state index is 5.38. The summed E-state index contributed by atoms with van der Waals surface area (Å²) in [6.45, 7) is 7.61. The summed E-state index contributed by atoms with van der Waals surface area (Å²) >= 11 is 0. The smallest absolute Gasteiger partial charge is 0.0162 e. The highest BCUT2D eigenvalue weighted by Crippen LogP contribution is 2.24. The Bertz CT molecular complexity index is 235. The van der Waals surface area contributed by atoms with E-state index < -0.39 is 0 Å². The molecule has 1 rings (SSSR count). The molecule has 1 unspecified atom stereocenters. The van der Waals surface area contributed by atoms with Crippen LogP contribution in [0.1, 0.15) is 37.7 Å². The summed E-state index contributed by atoms with van der Waals surface area (Å²) in [4.78, 5) is 0. The van der Waals surface area contributed by atoms with E-state index in [-0.39, 0.29) is 0 Å². The maximum absolute atomic E-state index is 5.38. The molecule has 0 heterocycles. The van der Waals surface area contributed by atoms with Crippen molar-refractivity contribution in [1.82, 2.24) is 0 Å². The van der Waals surface area contributed by atoms with Crippen LogP contribution < -0.4 is 0 Å². The quantitative estimate of drug-likeness (QED) is 0.632. The zero-order chi connectivity index (χ0) is 9.52. The van der Waals surface area contributed by atoms with Crippen LogP contribution in [-0.4, -0.2) is 0 Å². The molecule has 1 aromatic rings. The van der Waals surface area contributed by atoms with Crippen LogP contribution in [0, 0.1) is 6.58 Å². The highest BCUT2D eigenvalue weighted by atomic mass is 14.1. The number of benzene rings is 1. The number of hydrogen-bond acceptors (Lipinski definition) is 0. The molecule has 0 aliphatic heterocycles. The molecule has 0 N–H and O–H groups in total. The van der Waals surface area contributed by atoms with Crippen molar-refractivity contribution in [3.05, 3.63) is 48.6 Å². The third kappa shape index (κ3) is 3.06. The minimum Gasteiger partial charge on any atom is -0.0845 e. The fourth-order valence-corrected chi connectivity index (χ4v) is 1.63. The molecule has 0 aromatic heterocycles. The maximum Gasteiger partial charge on any atom is -0.0162 e. The Morgan fingerprint density at radius 1 is 1.31 bits per heavy atom. The average Bonchev–Trinajstić information content (AvgIpc) is 2.21. The molecule has 0 amide bonds. The van der Waals surface area contributed by atoms with Gasteiger partial charge in [0.1, 0.15) is 0 Å². The second-order valence-electron chi connectivity index (χ2n) is 3.33. The Hall–Kier alpha value is -1.04. The monoisotopic (exact) mass is 173 g/mol. The minimum absolute atomic E-state index is 0.668. The van der Waals surface area contributed by atoms with Gasteiger partial charge in [0, 0.05) is 0 Å². The van der Waals surface area contributed by atoms with Crippen molar-refractivity contribution in [1.29, 1.82) is 0 Å². The van der Waals surface area contributed by atoms with E-state index in [0.29, 0.717) is 5.92 Å². The van der Waals surface area contributed by atoms with E-state index >= 15 is 0 Å². The van der Waals surface area contributed by atoms with E-state index in [0.717, 1.165) is 12.8 Å². The standard InChI is InChI=1S/C13H17/c1-3-5-9-12(4-2)13-10-7-6-8-11-13/h1,3,6-8,10-12H,4-5,9H2,2H3. The molecular formula is C13H17. The summed E-state index contributed by atoms with van der Waals surface area (Å²) < 4.78 is 0. The van der Waals surface area contributed by atoms with Gasteiger partial charge in [0.2, 0.25) is 0 Å². The summed E-state index contributed by atoms with van der Waals surface area (Å²) in [7, 11) is 0. The van der Waals surface area contributed by atoms with Crippen molar-refractivity contribution < 1.29 is 0 Å². The first-order chi connectivity index (χ1) is 6.38. The van der Waals surface area contributed by atoms with Crippen molar-refractivity contribution in [2.24, 2.45) is 0 Å². The number of rotatable bonds is 5. The summed E-state index contributed by atoms with van der Waals surface area (Å²) in [5.41, 5.74) is 1.44. The third-order valence-corrected chi connectivity index (χ3v) is 2.45. The van der Waals surface area contributed by atoms with Crippen LogP contribution in [0.4, 0.5) is 0 Å². The normalized spacial score (nSPS) is 12.4. The lowest BCUT2D eigenvalue weighted by atomic mass is 9.92. The van der Waals surface area contributed by atoms with Gasteiger partial charge >= 0.3 is 0 Å². The van der Waals surface area contributed by atoms with Gasteiger partial charge in [0.15, 0.2) is 0 Å². The molecular weight excluding hydrogens is 156 g/mol. The molecule has 13 heavy (non-hydrogen) atoms. The molecule has 0 heteroatoms. The molecule has 0 nitrogen and oxygen atoms in total. The zero-order valence-electron chi connectivity index (χ0n) is 8.24. The second-order valence-corrected chi connectivity index (χ2v) is 3.33. The van der Waals surface area contributed by atoms with Crippen molar-refractivity contribution in [3.63, 3.8) is 0 Å². The minimum atomic E-state index is 0.668. The Morgan fingerprint density at radius 2 is 2.00 bits per heavy atom. The van der Waals surface area contributed by atoms with Crippen molar-refractivity contribution >= 4 is 0 Å². The molecule has 1 radical (unpaired) electrons. The van der Waals surface area contributed by atoms with Crippen molar-refractivity contribution in [2.45, 2.75) is 32.1 Å². The van der Waals surface area contributed by atoms with Crippen LogP contribution in [0.25, 0.3) is 0 Å². The van der Waals surface area contributed by atoms with Gasteiger partial charge in [-0.05, 0) is 30.7 Å². The summed E-state index contributed by atoms with van der Waals surface area (Å²) in [6.07, 6.45) is 5.12. The molecule has 0 bridgehead atoms. The van der Waals surface area contributed by atoms with Crippen LogP contribution in [0.3, 0.4) is 0 Å². The number of hydrogen-bond donors (Lipinski definition) is 0. The van der Waals surface area contributed by atoms with Crippen molar-refractivity contribution in [3.8, 4) is 0 Å². The highest BCUT2D eigenvalue weighted by Gasteiger charge is 2.06. The van der Waals surface area contributed by atoms with E-state index in [4.69, 9.17) is 6.58 Å². The van der Waals surface area contributed by atoms with E-state index in [1.165, 1.54) is 12.0 Å². The first kappa shape index (κ1) is 10.0. The molecule has 0 aliphatic carbocycles. The summed E-state index contributed by atoms with van der Waals surface area (Å²) in [5, 5.41) is 0. The Labute approximate surface area is 81.3 Å².